The van der Waals surface area contributed by atoms with Gasteiger partial charge in [0.15, 0.2) is 0 Å². The maximum Gasteiger partial charge on any atom is 0.243 e. The summed E-state index contributed by atoms with van der Waals surface area (Å²) in [5.74, 6) is 0.346. The molecule has 2 atom stereocenters. The molecule has 14 heteroatoms. The highest BCUT2D eigenvalue weighted by molar-refractivity contribution is 7.89. The number of aliphatic hydroxyl groups excluding tert-OH is 1. The van der Waals surface area contributed by atoms with Crippen molar-refractivity contribution in [1.82, 2.24) is 24.5 Å². The Hall–Kier alpha value is -2.85. The van der Waals surface area contributed by atoms with Crippen LogP contribution in [0.4, 0.5) is 0 Å². The molecule has 0 radical (unpaired) electrons. The van der Waals surface area contributed by atoms with E-state index in [2.05, 4.69) is 20.2 Å². The van der Waals surface area contributed by atoms with Gasteiger partial charge in [-0.3, -0.25) is 5.10 Å². The van der Waals surface area contributed by atoms with E-state index in [4.69, 9.17) is 9.47 Å². The molecule has 0 amide bonds. The van der Waals surface area contributed by atoms with E-state index in [0.29, 0.717) is 44.7 Å². The SMILES string of the molecule is CNS(=O)(=O)c1cccc(OCC(O)CN[C@@H]2COC3(CCN(S(=O)(=O)c4cccc(-c5ccn[nH]5)c4)CC3)C2)c1. The average Bonchev–Trinajstić information content (AvgIpc) is 3.66. The molecule has 1 aromatic heterocycles. The molecule has 2 fully saturated rings. The number of hydrogen-bond donors (Lipinski definition) is 4. The zero-order valence-electron chi connectivity index (χ0n) is 22.7. The molecular formula is C27H35N5O7S2. The fourth-order valence-electron chi connectivity index (χ4n) is 5.25. The van der Waals surface area contributed by atoms with Gasteiger partial charge in [-0.05, 0) is 56.6 Å². The molecule has 2 aromatic carbocycles. The lowest BCUT2D eigenvalue weighted by molar-refractivity contribution is -0.0312. The van der Waals surface area contributed by atoms with Crippen molar-refractivity contribution in [3.05, 3.63) is 60.8 Å². The Kier molecular flexibility index (Phi) is 8.80. The second kappa shape index (κ2) is 12.2. The summed E-state index contributed by atoms with van der Waals surface area (Å²) in [6, 6.07) is 14.7. The summed E-state index contributed by atoms with van der Waals surface area (Å²) in [5.41, 5.74) is 1.11. The monoisotopic (exact) mass is 605 g/mol. The van der Waals surface area contributed by atoms with Gasteiger partial charge in [-0.25, -0.2) is 21.6 Å². The van der Waals surface area contributed by atoms with E-state index < -0.39 is 31.8 Å². The average molecular weight is 606 g/mol. The van der Waals surface area contributed by atoms with Crippen LogP contribution in [0.2, 0.25) is 0 Å². The molecule has 222 valence electrons. The van der Waals surface area contributed by atoms with E-state index in [1.807, 2.05) is 6.07 Å². The second-order valence-electron chi connectivity index (χ2n) is 10.4. The van der Waals surface area contributed by atoms with Crippen LogP contribution < -0.4 is 14.8 Å². The van der Waals surface area contributed by atoms with E-state index in [-0.39, 0.29) is 29.0 Å². The Bertz CT molecular complexity index is 1540. The number of hydrogen-bond acceptors (Lipinski definition) is 9. The minimum atomic E-state index is -3.65. The minimum absolute atomic E-state index is 0.0107. The lowest BCUT2D eigenvalue weighted by atomic mass is 9.88. The zero-order chi connectivity index (χ0) is 29.1. The minimum Gasteiger partial charge on any atom is -0.491 e. The van der Waals surface area contributed by atoms with Crippen LogP contribution >= 0.6 is 0 Å². The Balaban J connectivity index is 1.09. The normalized spacial score (nSPS) is 20.3. The van der Waals surface area contributed by atoms with E-state index in [1.165, 1.54) is 23.5 Å². The number of aromatic amines is 1. The molecule has 3 aromatic rings. The number of aliphatic hydroxyl groups is 1. The number of aromatic nitrogens is 2. The number of nitrogens with zero attached hydrogens (tertiary/aromatic N) is 2. The molecule has 1 unspecified atom stereocenters. The maximum atomic E-state index is 13.4. The van der Waals surface area contributed by atoms with Crippen molar-refractivity contribution in [2.75, 3.05) is 39.9 Å². The van der Waals surface area contributed by atoms with Gasteiger partial charge in [0, 0.05) is 43.5 Å². The van der Waals surface area contributed by atoms with Crippen LogP contribution in [0.5, 0.6) is 5.75 Å². The molecule has 2 aliphatic rings. The Morgan fingerprint density at radius 3 is 2.61 bits per heavy atom. The number of benzene rings is 2. The number of sulfonamides is 2. The Morgan fingerprint density at radius 1 is 1.12 bits per heavy atom. The molecule has 5 rings (SSSR count). The third-order valence-electron chi connectivity index (χ3n) is 7.60. The number of nitrogens with one attached hydrogen (secondary N) is 3. The predicted molar refractivity (Wildman–Crippen MR) is 151 cm³/mol. The van der Waals surface area contributed by atoms with Crippen molar-refractivity contribution >= 4 is 20.0 Å². The van der Waals surface area contributed by atoms with Gasteiger partial charge in [0.1, 0.15) is 18.5 Å². The standard InChI is InChI=1S/C27H35N5O7S2/c1-28-40(34,35)24-6-3-5-23(15-24)38-19-22(33)17-29-21-16-27(39-18-21)9-12-32(13-10-27)41(36,37)25-7-2-4-20(14-25)26-8-11-30-31-26/h2-8,11,14-15,21-22,28-29,33H,9-10,12-13,16-19H2,1H3,(H,30,31)/t21-,22?/m0/s1. The molecule has 0 saturated carbocycles. The molecule has 1 spiro atoms. The van der Waals surface area contributed by atoms with E-state index in [1.54, 1.807) is 42.6 Å². The zero-order valence-corrected chi connectivity index (χ0v) is 24.3. The van der Waals surface area contributed by atoms with Crippen molar-refractivity contribution in [3.8, 4) is 17.0 Å². The van der Waals surface area contributed by atoms with Crippen LogP contribution in [0.15, 0.2) is 70.6 Å². The Labute approximate surface area is 240 Å². The van der Waals surface area contributed by atoms with Crippen molar-refractivity contribution in [3.63, 3.8) is 0 Å². The lowest BCUT2D eigenvalue weighted by Crippen LogP contribution is -2.47. The van der Waals surface area contributed by atoms with E-state index in [9.17, 15) is 21.9 Å². The first-order chi connectivity index (χ1) is 19.6. The summed E-state index contributed by atoms with van der Waals surface area (Å²) >= 11 is 0. The van der Waals surface area contributed by atoms with Crippen molar-refractivity contribution < 1.29 is 31.4 Å². The number of piperidine rings is 1. The van der Waals surface area contributed by atoms with Gasteiger partial charge >= 0.3 is 0 Å². The fraction of sp³-hybridized carbons (Fsp3) is 0.444. The predicted octanol–water partition coefficient (Wildman–Crippen LogP) is 1.33. The summed E-state index contributed by atoms with van der Waals surface area (Å²) in [6.45, 7) is 1.45. The van der Waals surface area contributed by atoms with Gasteiger partial charge in [-0.2, -0.15) is 9.40 Å². The van der Waals surface area contributed by atoms with Crippen LogP contribution in [-0.4, -0.2) is 94.1 Å². The molecule has 0 aliphatic carbocycles. The maximum absolute atomic E-state index is 13.4. The third kappa shape index (κ3) is 6.80. The van der Waals surface area contributed by atoms with Crippen molar-refractivity contribution in [2.45, 2.75) is 46.8 Å². The van der Waals surface area contributed by atoms with Crippen LogP contribution in [0, 0.1) is 0 Å². The molecule has 4 N–H and O–H groups in total. The molecule has 3 heterocycles. The highest BCUT2D eigenvalue weighted by Gasteiger charge is 2.44. The first kappa shape index (κ1) is 29.6. The van der Waals surface area contributed by atoms with E-state index in [0.717, 1.165) is 11.3 Å². The highest BCUT2D eigenvalue weighted by Crippen LogP contribution is 2.37. The van der Waals surface area contributed by atoms with Crippen molar-refractivity contribution in [2.24, 2.45) is 0 Å². The van der Waals surface area contributed by atoms with Crippen LogP contribution in [0.1, 0.15) is 19.3 Å². The van der Waals surface area contributed by atoms with Gasteiger partial charge < -0.3 is 19.9 Å². The summed E-state index contributed by atoms with van der Waals surface area (Å²) in [4.78, 5) is 0.332. The van der Waals surface area contributed by atoms with Gasteiger partial charge in [0.05, 0.1) is 27.7 Å². The molecule has 41 heavy (non-hydrogen) atoms. The topological polar surface area (TPSA) is 163 Å². The largest absolute Gasteiger partial charge is 0.491 e. The number of rotatable bonds is 11. The number of H-pyrrole nitrogens is 1. The fourth-order valence-corrected chi connectivity index (χ4v) is 7.50. The first-order valence-electron chi connectivity index (χ1n) is 13.4. The highest BCUT2D eigenvalue weighted by atomic mass is 32.2. The molecule has 2 aliphatic heterocycles. The second-order valence-corrected chi connectivity index (χ2v) is 14.2. The molecule has 2 saturated heterocycles. The van der Waals surface area contributed by atoms with E-state index >= 15 is 0 Å². The van der Waals surface area contributed by atoms with Crippen LogP contribution in [0.3, 0.4) is 0 Å². The summed E-state index contributed by atoms with van der Waals surface area (Å²) in [6.07, 6.45) is 2.69. The summed E-state index contributed by atoms with van der Waals surface area (Å²) in [7, 11) is -5.91. The lowest BCUT2D eigenvalue weighted by Gasteiger charge is -2.38. The number of ether oxygens (including phenoxy) is 2. The smallest absolute Gasteiger partial charge is 0.243 e. The summed E-state index contributed by atoms with van der Waals surface area (Å²) < 4.78 is 66.3. The molecule has 0 bridgehead atoms. The quantitative estimate of drug-likeness (QED) is 0.253. The molecule has 12 nitrogen and oxygen atoms in total. The van der Waals surface area contributed by atoms with Gasteiger partial charge in [0.25, 0.3) is 0 Å². The molecular weight excluding hydrogens is 570 g/mol. The Morgan fingerprint density at radius 2 is 1.88 bits per heavy atom. The van der Waals surface area contributed by atoms with Gasteiger partial charge in [-0.15, -0.1) is 0 Å². The van der Waals surface area contributed by atoms with Crippen molar-refractivity contribution in [1.29, 1.82) is 0 Å². The van der Waals surface area contributed by atoms with Crippen LogP contribution in [0.25, 0.3) is 11.3 Å². The third-order valence-corrected chi connectivity index (χ3v) is 10.9. The van der Waals surface area contributed by atoms with Crippen LogP contribution in [-0.2, 0) is 24.8 Å². The van der Waals surface area contributed by atoms with Gasteiger partial charge in [0.2, 0.25) is 20.0 Å². The summed E-state index contributed by atoms with van der Waals surface area (Å²) in [5, 5.41) is 20.5. The first-order valence-corrected chi connectivity index (χ1v) is 16.3. The van der Waals surface area contributed by atoms with Gasteiger partial charge in [-0.1, -0.05) is 18.2 Å².